The number of halogens is 3. The molecule has 0 bridgehead atoms. The molecule has 23 heavy (non-hydrogen) atoms. The van der Waals surface area contributed by atoms with E-state index in [1.807, 2.05) is 26.0 Å². The molecule has 0 radical (unpaired) electrons. The largest absolute Gasteiger partial charge is 0.573 e. The summed E-state index contributed by atoms with van der Waals surface area (Å²) in [4.78, 5) is 12.2. The number of carbonyl (C=O) groups is 1. The number of alkyl halides is 3. The monoisotopic (exact) mass is 323 g/mol. The predicted molar refractivity (Wildman–Crippen MR) is 81.6 cm³/mol. The first-order valence-corrected chi connectivity index (χ1v) is 7.05. The van der Waals surface area contributed by atoms with Crippen molar-refractivity contribution < 1.29 is 22.7 Å². The Morgan fingerprint density at radius 2 is 1.78 bits per heavy atom. The van der Waals surface area contributed by atoms with Crippen molar-refractivity contribution in [3.8, 4) is 5.75 Å². The molecule has 6 heteroatoms. The van der Waals surface area contributed by atoms with Gasteiger partial charge in [0.2, 0.25) is 0 Å². The molecule has 0 aromatic heterocycles. The number of anilines is 1. The van der Waals surface area contributed by atoms with Crippen LogP contribution in [-0.2, 0) is 6.42 Å². The van der Waals surface area contributed by atoms with Crippen LogP contribution in [0.25, 0.3) is 0 Å². The second kappa shape index (κ2) is 6.73. The van der Waals surface area contributed by atoms with E-state index in [2.05, 4.69) is 10.1 Å². The number of carbonyl (C=O) groups excluding carboxylic acids is 1. The topological polar surface area (TPSA) is 38.3 Å². The Morgan fingerprint density at radius 1 is 1.13 bits per heavy atom. The Bertz CT molecular complexity index is 694. The summed E-state index contributed by atoms with van der Waals surface area (Å²) in [7, 11) is 0. The summed E-state index contributed by atoms with van der Waals surface area (Å²) in [5.74, 6) is -0.650. The standard InChI is InChI=1S/C17H16F3NO2/c1-3-12-10-13(5-4-11(12)2)16(22)21-14-6-8-15(9-7-14)23-17(18,19)20/h4-10H,3H2,1-2H3,(H,21,22). The van der Waals surface area contributed by atoms with E-state index in [0.717, 1.165) is 29.7 Å². The molecule has 0 atom stereocenters. The number of rotatable bonds is 4. The first kappa shape index (κ1) is 16.9. The van der Waals surface area contributed by atoms with Gasteiger partial charge in [0, 0.05) is 11.3 Å². The zero-order valence-electron chi connectivity index (χ0n) is 12.7. The zero-order chi connectivity index (χ0) is 17.0. The molecule has 122 valence electrons. The first-order valence-electron chi connectivity index (χ1n) is 7.05. The lowest BCUT2D eigenvalue weighted by Crippen LogP contribution is -2.17. The summed E-state index contributed by atoms with van der Waals surface area (Å²) in [6, 6.07) is 10.4. The van der Waals surface area contributed by atoms with Crippen LogP contribution in [0, 0.1) is 6.92 Å². The summed E-state index contributed by atoms with van der Waals surface area (Å²) >= 11 is 0. The lowest BCUT2D eigenvalue weighted by molar-refractivity contribution is -0.274. The lowest BCUT2D eigenvalue weighted by atomic mass is 10.0. The van der Waals surface area contributed by atoms with E-state index in [1.54, 1.807) is 6.07 Å². The van der Waals surface area contributed by atoms with E-state index in [9.17, 15) is 18.0 Å². The Balaban J connectivity index is 2.08. The highest BCUT2D eigenvalue weighted by Gasteiger charge is 2.30. The predicted octanol–water partition coefficient (Wildman–Crippen LogP) is 4.71. The van der Waals surface area contributed by atoms with E-state index < -0.39 is 6.36 Å². The van der Waals surface area contributed by atoms with Gasteiger partial charge in [-0.05, 0) is 60.9 Å². The number of hydrogen-bond acceptors (Lipinski definition) is 2. The summed E-state index contributed by atoms with van der Waals surface area (Å²) in [6.07, 6.45) is -3.92. The van der Waals surface area contributed by atoms with Crippen molar-refractivity contribution >= 4 is 11.6 Å². The van der Waals surface area contributed by atoms with Crippen molar-refractivity contribution in [1.82, 2.24) is 0 Å². The Labute approximate surface area is 132 Å². The van der Waals surface area contributed by atoms with Gasteiger partial charge in [-0.15, -0.1) is 13.2 Å². The number of benzene rings is 2. The van der Waals surface area contributed by atoms with E-state index in [4.69, 9.17) is 0 Å². The van der Waals surface area contributed by atoms with Crippen molar-refractivity contribution in [2.24, 2.45) is 0 Å². The van der Waals surface area contributed by atoms with Gasteiger partial charge in [0.15, 0.2) is 0 Å². The van der Waals surface area contributed by atoms with Crippen LogP contribution in [0.5, 0.6) is 5.75 Å². The van der Waals surface area contributed by atoms with Crippen molar-refractivity contribution in [2.75, 3.05) is 5.32 Å². The maximum atomic E-state index is 12.2. The lowest BCUT2D eigenvalue weighted by Gasteiger charge is -2.11. The van der Waals surface area contributed by atoms with E-state index in [0.29, 0.717) is 11.3 Å². The van der Waals surface area contributed by atoms with Gasteiger partial charge in [-0.25, -0.2) is 0 Å². The molecule has 0 aliphatic carbocycles. The van der Waals surface area contributed by atoms with Crippen LogP contribution >= 0.6 is 0 Å². The quantitative estimate of drug-likeness (QED) is 0.885. The molecule has 0 spiro atoms. The van der Waals surface area contributed by atoms with Gasteiger partial charge in [0.1, 0.15) is 5.75 Å². The minimum absolute atomic E-state index is 0.316. The van der Waals surface area contributed by atoms with Crippen molar-refractivity contribution in [1.29, 1.82) is 0 Å². The Morgan fingerprint density at radius 3 is 2.35 bits per heavy atom. The fourth-order valence-electron chi connectivity index (χ4n) is 2.14. The molecule has 0 aliphatic rings. The fraction of sp³-hybridized carbons (Fsp3) is 0.235. The highest BCUT2D eigenvalue weighted by molar-refractivity contribution is 6.04. The van der Waals surface area contributed by atoms with Crippen molar-refractivity contribution in [2.45, 2.75) is 26.6 Å². The van der Waals surface area contributed by atoms with Crippen LogP contribution < -0.4 is 10.1 Å². The third-order valence-electron chi connectivity index (χ3n) is 3.34. The van der Waals surface area contributed by atoms with Crippen LogP contribution in [0.1, 0.15) is 28.4 Å². The highest BCUT2D eigenvalue weighted by atomic mass is 19.4. The fourth-order valence-corrected chi connectivity index (χ4v) is 2.14. The molecular weight excluding hydrogens is 307 g/mol. The highest BCUT2D eigenvalue weighted by Crippen LogP contribution is 2.24. The van der Waals surface area contributed by atoms with Crippen LogP contribution in [0.4, 0.5) is 18.9 Å². The van der Waals surface area contributed by atoms with Gasteiger partial charge >= 0.3 is 6.36 Å². The molecule has 2 aromatic carbocycles. The smallest absolute Gasteiger partial charge is 0.406 e. The number of amides is 1. The number of ether oxygens (including phenoxy) is 1. The zero-order valence-corrected chi connectivity index (χ0v) is 12.7. The van der Waals surface area contributed by atoms with E-state index in [1.165, 1.54) is 12.1 Å². The molecule has 1 N–H and O–H groups in total. The van der Waals surface area contributed by atoms with E-state index in [-0.39, 0.29) is 11.7 Å². The maximum Gasteiger partial charge on any atom is 0.573 e. The van der Waals surface area contributed by atoms with Crippen molar-refractivity contribution in [3.05, 3.63) is 59.2 Å². The van der Waals surface area contributed by atoms with Gasteiger partial charge in [-0.2, -0.15) is 0 Å². The molecule has 0 heterocycles. The molecule has 0 saturated carbocycles. The summed E-state index contributed by atoms with van der Waals surface area (Å²) in [5.41, 5.74) is 3.08. The molecule has 0 unspecified atom stereocenters. The SMILES string of the molecule is CCc1cc(C(=O)Nc2ccc(OC(F)(F)F)cc2)ccc1C. The van der Waals surface area contributed by atoms with Gasteiger partial charge < -0.3 is 10.1 Å². The number of nitrogens with one attached hydrogen (secondary N) is 1. The molecule has 1 amide bonds. The van der Waals surface area contributed by atoms with Crippen LogP contribution in [-0.4, -0.2) is 12.3 Å². The van der Waals surface area contributed by atoms with Gasteiger partial charge in [-0.3, -0.25) is 4.79 Å². The first-order chi connectivity index (χ1) is 10.8. The summed E-state index contributed by atoms with van der Waals surface area (Å²) < 4.78 is 40.0. The van der Waals surface area contributed by atoms with Crippen molar-refractivity contribution in [3.63, 3.8) is 0 Å². The number of hydrogen-bond donors (Lipinski definition) is 1. The summed E-state index contributed by atoms with van der Waals surface area (Å²) in [6.45, 7) is 3.98. The Hall–Kier alpha value is -2.50. The third kappa shape index (κ3) is 4.74. The third-order valence-corrected chi connectivity index (χ3v) is 3.34. The average Bonchev–Trinajstić information content (AvgIpc) is 2.48. The molecule has 3 nitrogen and oxygen atoms in total. The second-order valence-corrected chi connectivity index (χ2v) is 5.02. The molecular formula is C17H16F3NO2. The second-order valence-electron chi connectivity index (χ2n) is 5.02. The van der Waals surface area contributed by atoms with Gasteiger partial charge in [-0.1, -0.05) is 13.0 Å². The molecule has 2 rings (SSSR count). The van der Waals surface area contributed by atoms with E-state index >= 15 is 0 Å². The minimum Gasteiger partial charge on any atom is -0.406 e. The number of aryl methyl sites for hydroxylation is 2. The molecule has 0 saturated heterocycles. The average molecular weight is 323 g/mol. The summed E-state index contributed by atoms with van der Waals surface area (Å²) in [5, 5.41) is 2.64. The van der Waals surface area contributed by atoms with Crippen LogP contribution in [0.3, 0.4) is 0 Å². The van der Waals surface area contributed by atoms with Crippen LogP contribution in [0.2, 0.25) is 0 Å². The minimum atomic E-state index is -4.73. The normalized spacial score (nSPS) is 11.2. The maximum absolute atomic E-state index is 12.2. The molecule has 2 aromatic rings. The molecule has 0 aliphatic heterocycles. The van der Waals surface area contributed by atoms with Gasteiger partial charge in [0.05, 0.1) is 0 Å². The Kier molecular flexibility index (Phi) is 4.93. The van der Waals surface area contributed by atoms with Gasteiger partial charge in [0.25, 0.3) is 5.91 Å². The van der Waals surface area contributed by atoms with Crippen LogP contribution in [0.15, 0.2) is 42.5 Å². The molecule has 0 fully saturated rings.